The van der Waals surface area contributed by atoms with E-state index in [2.05, 4.69) is 5.32 Å². The standard InChI is InChI=1S/C28H30N2O3/c1-18-23(31)16-15-21-24(18)27(33)30(25(21)26(32)29-28(2,3)4)17-22(19-11-7-5-8-12-19)20-13-9-6-10-14-20/h5-16,22,25,31H,17H2,1-4H3,(H,29,32). The lowest BCUT2D eigenvalue weighted by Gasteiger charge is -2.31. The number of carbonyl (C=O) groups excluding carboxylic acids is 2. The maximum Gasteiger partial charge on any atom is 0.255 e. The van der Waals surface area contributed by atoms with Gasteiger partial charge in [-0.2, -0.15) is 0 Å². The molecule has 0 saturated carbocycles. The molecule has 0 radical (unpaired) electrons. The van der Waals surface area contributed by atoms with Crippen LogP contribution in [-0.4, -0.2) is 33.9 Å². The zero-order chi connectivity index (χ0) is 23.8. The van der Waals surface area contributed by atoms with E-state index < -0.39 is 11.6 Å². The van der Waals surface area contributed by atoms with E-state index in [4.69, 9.17) is 0 Å². The average Bonchev–Trinajstić information content (AvgIpc) is 3.06. The van der Waals surface area contributed by atoms with Crippen molar-refractivity contribution in [1.29, 1.82) is 0 Å². The average molecular weight is 443 g/mol. The second-order valence-corrected chi connectivity index (χ2v) is 9.65. The quantitative estimate of drug-likeness (QED) is 0.588. The van der Waals surface area contributed by atoms with Gasteiger partial charge in [0.2, 0.25) is 5.91 Å². The van der Waals surface area contributed by atoms with Gasteiger partial charge in [0.15, 0.2) is 0 Å². The van der Waals surface area contributed by atoms with Gasteiger partial charge >= 0.3 is 0 Å². The van der Waals surface area contributed by atoms with Gasteiger partial charge in [0.05, 0.1) is 5.56 Å². The number of nitrogens with zero attached hydrogens (tertiary/aromatic N) is 1. The molecule has 5 heteroatoms. The van der Waals surface area contributed by atoms with Crippen LogP contribution in [0.3, 0.4) is 0 Å². The lowest BCUT2D eigenvalue weighted by Crippen LogP contribution is -2.47. The van der Waals surface area contributed by atoms with Crippen molar-refractivity contribution in [3.63, 3.8) is 0 Å². The summed E-state index contributed by atoms with van der Waals surface area (Å²) >= 11 is 0. The minimum Gasteiger partial charge on any atom is -0.508 e. The summed E-state index contributed by atoms with van der Waals surface area (Å²) in [7, 11) is 0. The second kappa shape index (κ2) is 8.74. The largest absolute Gasteiger partial charge is 0.508 e. The second-order valence-electron chi connectivity index (χ2n) is 9.65. The number of hydrogen-bond acceptors (Lipinski definition) is 3. The Bertz CT molecular complexity index is 1130. The van der Waals surface area contributed by atoms with Crippen LogP contribution in [-0.2, 0) is 4.79 Å². The Balaban J connectivity index is 1.80. The molecule has 170 valence electrons. The summed E-state index contributed by atoms with van der Waals surface area (Å²) in [5.41, 5.74) is 3.26. The van der Waals surface area contributed by atoms with E-state index in [1.54, 1.807) is 24.0 Å². The topological polar surface area (TPSA) is 69.6 Å². The number of carbonyl (C=O) groups is 2. The molecule has 33 heavy (non-hydrogen) atoms. The molecular formula is C28H30N2O3. The highest BCUT2D eigenvalue weighted by atomic mass is 16.3. The lowest BCUT2D eigenvalue weighted by molar-refractivity contribution is -0.127. The molecule has 0 bridgehead atoms. The van der Waals surface area contributed by atoms with Crippen molar-refractivity contribution in [3.05, 3.63) is 101 Å². The molecule has 0 fully saturated rings. The predicted molar refractivity (Wildman–Crippen MR) is 129 cm³/mol. The van der Waals surface area contributed by atoms with Crippen molar-refractivity contribution in [2.45, 2.75) is 45.2 Å². The molecule has 1 aliphatic rings. The number of nitrogens with one attached hydrogen (secondary N) is 1. The number of amides is 2. The van der Waals surface area contributed by atoms with Gasteiger partial charge in [-0.25, -0.2) is 0 Å². The van der Waals surface area contributed by atoms with Crippen LogP contribution in [0.2, 0.25) is 0 Å². The first-order valence-corrected chi connectivity index (χ1v) is 11.2. The minimum absolute atomic E-state index is 0.0570. The number of hydrogen-bond donors (Lipinski definition) is 2. The van der Waals surface area contributed by atoms with Gasteiger partial charge in [-0.1, -0.05) is 66.7 Å². The number of benzene rings is 3. The summed E-state index contributed by atoms with van der Waals surface area (Å²) in [5.74, 6) is -0.505. The first-order chi connectivity index (χ1) is 15.7. The molecule has 0 aliphatic carbocycles. The third kappa shape index (κ3) is 4.49. The van der Waals surface area contributed by atoms with Crippen molar-refractivity contribution >= 4 is 11.8 Å². The molecule has 4 rings (SSSR count). The van der Waals surface area contributed by atoms with Crippen LogP contribution in [0.15, 0.2) is 72.8 Å². The van der Waals surface area contributed by atoms with Crippen LogP contribution < -0.4 is 5.32 Å². The van der Waals surface area contributed by atoms with E-state index in [0.717, 1.165) is 11.1 Å². The van der Waals surface area contributed by atoms with Gasteiger partial charge in [-0.3, -0.25) is 9.59 Å². The Morgan fingerprint density at radius 1 is 0.970 bits per heavy atom. The first-order valence-electron chi connectivity index (χ1n) is 11.2. The Hall–Kier alpha value is -3.60. The first kappa shape index (κ1) is 22.6. The number of phenols is 1. The van der Waals surface area contributed by atoms with Crippen LogP contribution >= 0.6 is 0 Å². The van der Waals surface area contributed by atoms with Crippen molar-refractivity contribution in [2.75, 3.05) is 6.54 Å². The van der Waals surface area contributed by atoms with E-state index >= 15 is 0 Å². The zero-order valence-corrected chi connectivity index (χ0v) is 19.5. The smallest absolute Gasteiger partial charge is 0.255 e. The highest BCUT2D eigenvalue weighted by Crippen LogP contribution is 2.41. The molecular weight excluding hydrogens is 412 g/mol. The molecule has 1 heterocycles. The molecule has 1 unspecified atom stereocenters. The minimum atomic E-state index is -0.763. The third-order valence-corrected chi connectivity index (χ3v) is 6.08. The fourth-order valence-electron chi connectivity index (χ4n) is 4.54. The molecule has 5 nitrogen and oxygen atoms in total. The molecule has 3 aromatic carbocycles. The number of rotatable bonds is 5. The van der Waals surface area contributed by atoms with Crippen LogP contribution in [0.5, 0.6) is 5.75 Å². The Labute approximate surface area is 195 Å². The van der Waals surface area contributed by atoms with Crippen LogP contribution in [0.4, 0.5) is 0 Å². The number of fused-ring (bicyclic) bond motifs is 1. The van der Waals surface area contributed by atoms with Gasteiger partial charge < -0.3 is 15.3 Å². The van der Waals surface area contributed by atoms with Crippen LogP contribution in [0.1, 0.15) is 65.3 Å². The summed E-state index contributed by atoms with van der Waals surface area (Å²) in [4.78, 5) is 28.8. The van der Waals surface area contributed by atoms with Gasteiger partial charge in [0, 0.05) is 23.6 Å². The summed E-state index contributed by atoms with van der Waals surface area (Å²) < 4.78 is 0. The molecule has 0 aromatic heterocycles. The highest BCUT2D eigenvalue weighted by molar-refractivity contribution is 6.06. The summed E-state index contributed by atoms with van der Waals surface area (Å²) in [5, 5.41) is 13.3. The Kier molecular flexibility index (Phi) is 5.98. The third-order valence-electron chi connectivity index (χ3n) is 6.08. The van der Waals surface area contributed by atoms with E-state index in [0.29, 0.717) is 23.2 Å². The number of aromatic hydroxyl groups is 1. The monoisotopic (exact) mass is 442 g/mol. The maximum atomic E-state index is 13.7. The van der Waals surface area contributed by atoms with Crippen molar-refractivity contribution < 1.29 is 14.7 Å². The van der Waals surface area contributed by atoms with Gasteiger partial charge in [-0.15, -0.1) is 0 Å². The summed E-state index contributed by atoms with van der Waals surface area (Å²) in [6, 6.07) is 22.6. The molecule has 3 aromatic rings. The van der Waals surface area contributed by atoms with E-state index in [1.165, 1.54) is 0 Å². The van der Waals surface area contributed by atoms with E-state index in [1.807, 2.05) is 81.4 Å². The maximum absolute atomic E-state index is 13.7. The van der Waals surface area contributed by atoms with Gasteiger partial charge in [0.25, 0.3) is 5.91 Å². The van der Waals surface area contributed by atoms with Crippen molar-refractivity contribution in [3.8, 4) is 5.75 Å². The zero-order valence-electron chi connectivity index (χ0n) is 19.5. The van der Waals surface area contributed by atoms with E-state index in [-0.39, 0.29) is 23.5 Å². The normalized spacial score (nSPS) is 15.6. The Morgan fingerprint density at radius 3 is 2.03 bits per heavy atom. The molecule has 1 aliphatic heterocycles. The molecule has 2 N–H and O–H groups in total. The molecule has 0 spiro atoms. The number of phenolic OH excluding ortho intramolecular Hbond substituents is 1. The van der Waals surface area contributed by atoms with Crippen LogP contribution in [0, 0.1) is 6.92 Å². The van der Waals surface area contributed by atoms with Crippen molar-refractivity contribution in [1.82, 2.24) is 10.2 Å². The predicted octanol–water partition coefficient (Wildman–Crippen LogP) is 4.94. The van der Waals surface area contributed by atoms with Gasteiger partial charge in [-0.05, 0) is 50.5 Å². The van der Waals surface area contributed by atoms with E-state index in [9.17, 15) is 14.7 Å². The molecule has 1 atom stereocenters. The summed E-state index contributed by atoms with van der Waals surface area (Å²) in [6.45, 7) is 7.83. The molecule has 2 amide bonds. The highest BCUT2D eigenvalue weighted by Gasteiger charge is 2.44. The van der Waals surface area contributed by atoms with Crippen molar-refractivity contribution in [2.24, 2.45) is 0 Å². The SMILES string of the molecule is Cc1c(O)ccc2c1C(=O)N(CC(c1ccccc1)c1ccccc1)C2C(=O)NC(C)(C)C. The lowest BCUT2D eigenvalue weighted by atomic mass is 9.90. The fraction of sp³-hybridized carbons (Fsp3) is 0.286. The molecule has 0 saturated heterocycles. The fourth-order valence-corrected chi connectivity index (χ4v) is 4.54. The Morgan fingerprint density at radius 2 is 1.52 bits per heavy atom. The van der Waals surface area contributed by atoms with Crippen LogP contribution in [0.25, 0.3) is 0 Å². The summed E-state index contributed by atoms with van der Waals surface area (Å²) in [6.07, 6.45) is 0. The van der Waals surface area contributed by atoms with Gasteiger partial charge in [0.1, 0.15) is 11.8 Å².